The van der Waals surface area contributed by atoms with Crippen LogP contribution in [-0.2, 0) is 20.8 Å². The minimum atomic E-state index is 0. The van der Waals surface area contributed by atoms with Gasteiger partial charge in [-0.25, -0.2) is 0 Å². The Morgan fingerprint density at radius 2 is 2.10 bits per heavy atom. The quantitative estimate of drug-likeness (QED) is 0.207. The van der Waals surface area contributed by atoms with Gasteiger partial charge in [0, 0.05) is 31.3 Å². The van der Waals surface area contributed by atoms with Crippen LogP contribution in [-0.4, -0.2) is 69.1 Å². The molecule has 1 aromatic rings. The Morgan fingerprint density at radius 3 is 2.81 bits per heavy atom. The molecule has 3 rings (SSSR count). The van der Waals surface area contributed by atoms with Crippen molar-refractivity contribution in [1.29, 1.82) is 0 Å². The molecule has 0 aliphatic carbocycles. The second-order valence-corrected chi connectivity index (χ2v) is 8.36. The Kier molecular flexibility index (Phi) is 13.1. The summed E-state index contributed by atoms with van der Waals surface area (Å²) in [7, 11) is 0. The Bertz CT molecular complexity index is 651. The van der Waals surface area contributed by atoms with E-state index in [1.807, 2.05) is 24.3 Å². The molecule has 0 radical (unpaired) electrons. The maximum atomic E-state index is 6.13. The molecule has 0 bridgehead atoms. The molecule has 176 valence electrons. The average Bonchev–Trinajstić information content (AvgIpc) is 2.78. The number of likely N-dealkylation sites (tertiary alicyclic amines) is 1. The Hall–Kier alpha value is -0.610. The zero-order chi connectivity index (χ0) is 21.0. The number of nitrogens with zero attached hydrogens (tertiary/aromatic N) is 2. The van der Waals surface area contributed by atoms with Crippen molar-refractivity contribution in [1.82, 2.24) is 10.2 Å². The predicted octanol–water partition coefficient (Wildman–Crippen LogP) is 4.49. The Balaban J connectivity index is 0.00000341. The lowest BCUT2D eigenvalue weighted by molar-refractivity contribution is -0.0721. The van der Waals surface area contributed by atoms with Crippen LogP contribution in [0, 0.1) is 0 Å². The van der Waals surface area contributed by atoms with E-state index in [1.54, 1.807) is 0 Å². The highest BCUT2D eigenvalue weighted by Gasteiger charge is 2.23. The third-order valence-electron chi connectivity index (χ3n) is 5.52. The molecule has 2 heterocycles. The molecule has 2 saturated heterocycles. The van der Waals surface area contributed by atoms with Gasteiger partial charge in [-0.05, 0) is 56.7 Å². The Labute approximate surface area is 209 Å². The van der Waals surface area contributed by atoms with Crippen LogP contribution >= 0.6 is 35.6 Å². The summed E-state index contributed by atoms with van der Waals surface area (Å²) < 4.78 is 17.7. The number of benzene rings is 1. The SMILES string of the molecule is CCNC(=NCCOCc1cccc(Cl)c1)N1CCC(OCC2CCCCO2)CC1.I. The fourth-order valence-corrected chi connectivity index (χ4v) is 4.09. The summed E-state index contributed by atoms with van der Waals surface area (Å²) in [5, 5.41) is 4.15. The van der Waals surface area contributed by atoms with Crippen LogP contribution in [0.1, 0.15) is 44.6 Å². The van der Waals surface area contributed by atoms with E-state index in [0.29, 0.717) is 32.0 Å². The van der Waals surface area contributed by atoms with Crippen molar-refractivity contribution in [3.63, 3.8) is 0 Å². The zero-order valence-electron chi connectivity index (χ0n) is 18.6. The molecule has 2 fully saturated rings. The van der Waals surface area contributed by atoms with E-state index in [1.165, 1.54) is 12.8 Å². The number of nitrogens with one attached hydrogen (secondary N) is 1. The van der Waals surface area contributed by atoms with Crippen LogP contribution in [0.15, 0.2) is 29.3 Å². The molecule has 0 saturated carbocycles. The van der Waals surface area contributed by atoms with Crippen molar-refractivity contribution < 1.29 is 14.2 Å². The summed E-state index contributed by atoms with van der Waals surface area (Å²) in [5.74, 6) is 0.970. The third kappa shape index (κ3) is 9.82. The molecule has 1 N–H and O–H groups in total. The lowest BCUT2D eigenvalue weighted by Gasteiger charge is -2.35. The van der Waals surface area contributed by atoms with Crippen molar-refractivity contribution in [2.45, 2.75) is 57.8 Å². The van der Waals surface area contributed by atoms with E-state index in [4.69, 9.17) is 30.8 Å². The van der Waals surface area contributed by atoms with Gasteiger partial charge in [-0.1, -0.05) is 23.7 Å². The van der Waals surface area contributed by atoms with Gasteiger partial charge in [-0.15, -0.1) is 24.0 Å². The number of guanidine groups is 1. The van der Waals surface area contributed by atoms with E-state index in [-0.39, 0.29) is 24.0 Å². The first-order valence-corrected chi connectivity index (χ1v) is 11.7. The lowest BCUT2D eigenvalue weighted by Crippen LogP contribution is -2.47. The molecule has 1 atom stereocenters. The topological polar surface area (TPSA) is 55.3 Å². The van der Waals surface area contributed by atoms with Crippen LogP contribution in [0.2, 0.25) is 5.02 Å². The first-order valence-electron chi connectivity index (χ1n) is 11.3. The summed E-state index contributed by atoms with van der Waals surface area (Å²) in [6, 6.07) is 7.77. The summed E-state index contributed by atoms with van der Waals surface area (Å²) in [6.45, 7) is 8.29. The smallest absolute Gasteiger partial charge is 0.193 e. The standard InChI is InChI=1S/C23H36ClN3O3.HI/c1-2-25-23(26-11-15-28-17-19-6-5-7-20(24)16-19)27-12-9-21(10-13-27)30-18-22-8-3-4-14-29-22;/h5-7,16,21-22H,2-4,8-15,17-18H2,1H3,(H,25,26);1H. The molecule has 8 heteroatoms. The van der Waals surface area contributed by atoms with Crippen LogP contribution in [0.25, 0.3) is 0 Å². The number of aliphatic imine (C=N–C) groups is 1. The number of hydrogen-bond donors (Lipinski definition) is 1. The average molecular weight is 566 g/mol. The van der Waals surface area contributed by atoms with Gasteiger partial charge in [0.15, 0.2) is 5.96 Å². The molecule has 2 aliphatic rings. The normalized spacial score (nSPS) is 20.4. The van der Waals surface area contributed by atoms with Gasteiger partial charge in [-0.3, -0.25) is 4.99 Å². The van der Waals surface area contributed by atoms with Crippen LogP contribution in [0.5, 0.6) is 0 Å². The van der Waals surface area contributed by atoms with Gasteiger partial charge in [-0.2, -0.15) is 0 Å². The molecule has 1 aromatic carbocycles. The van der Waals surface area contributed by atoms with Gasteiger partial charge >= 0.3 is 0 Å². The fraction of sp³-hybridized carbons (Fsp3) is 0.696. The lowest BCUT2D eigenvalue weighted by atomic mass is 10.1. The first-order chi connectivity index (χ1) is 14.7. The minimum Gasteiger partial charge on any atom is -0.376 e. The van der Waals surface area contributed by atoms with Crippen LogP contribution < -0.4 is 5.32 Å². The summed E-state index contributed by atoms with van der Waals surface area (Å²) >= 11 is 6.01. The van der Waals surface area contributed by atoms with Gasteiger partial charge in [0.1, 0.15) is 0 Å². The van der Waals surface area contributed by atoms with E-state index in [0.717, 1.165) is 68.7 Å². The van der Waals surface area contributed by atoms with Crippen molar-refractivity contribution >= 4 is 41.5 Å². The van der Waals surface area contributed by atoms with Crippen LogP contribution in [0.3, 0.4) is 0 Å². The molecule has 0 aromatic heterocycles. The number of rotatable bonds is 9. The van der Waals surface area contributed by atoms with Gasteiger partial charge in [0.2, 0.25) is 0 Å². The van der Waals surface area contributed by atoms with Crippen molar-refractivity contribution in [3.05, 3.63) is 34.9 Å². The largest absolute Gasteiger partial charge is 0.376 e. The van der Waals surface area contributed by atoms with E-state index in [2.05, 4.69) is 17.1 Å². The second-order valence-electron chi connectivity index (χ2n) is 7.93. The molecular weight excluding hydrogens is 529 g/mol. The number of hydrogen-bond acceptors (Lipinski definition) is 4. The summed E-state index contributed by atoms with van der Waals surface area (Å²) in [6.07, 6.45) is 6.27. The molecule has 2 aliphatic heterocycles. The van der Waals surface area contributed by atoms with Crippen molar-refractivity contribution in [2.75, 3.05) is 46.0 Å². The highest BCUT2D eigenvalue weighted by atomic mass is 127. The highest BCUT2D eigenvalue weighted by molar-refractivity contribution is 14.0. The van der Waals surface area contributed by atoms with E-state index < -0.39 is 0 Å². The second kappa shape index (κ2) is 15.3. The van der Waals surface area contributed by atoms with Crippen molar-refractivity contribution in [2.24, 2.45) is 4.99 Å². The number of halogens is 2. The predicted molar refractivity (Wildman–Crippen MR) is 137 cm³/mol. The van der Waals surface area contributed by atoms with Gasteiger partial charge in [0.05, 0.1) is 38.6 Å². The zero-order valence-corrected chi connectivity index (χ0v) is 21.6. The van der Waals surface area contributed by atoms with Crippen molar-refractivity contribution in [3.8, 4) is 0 Å². The van der Waals surface area contributed by atoms with E-state index in [9.17, 15) is 0 Å². The maximum Gasteiger partial charge on any atom is 0.193 e. The fourth-order valence-electron chi connectivity index (χ4n) is 3.88. The monoisotopic (exact) mass is 565 g/mol. The van der Waals surface area contributed by atoms with Gasteiger partial charge in [0.25, 0.3) is 0 Å². The Morgan fingerprint density at radius 1 is 1.26 bits per heavy atom. The molecule has 31 heavy (non-hydrogen) atoms. The number of ether oxygens (including phenoxy) is 3. The minimum absolute atomic E-state index is 0. The molecule has 0 amide bonds. The highest BCUT2D eigenvalue weighted by Crippen LogP contribution is 2.18. The summed E-state index contributed by atoms with van der Waals surface area (Å²) in [4.78, 5) is 7.08. The van der Waals surface area contributed by atoms with Gasteiger partial charge < -0.3 is 24.4 Å². The summed E-state index contributed by atoms with van der Waals surface area (Å²) in [5.41, 5.74) is 1.08. The first kappa shape index (κ1) is 26.6. The van der Waals surface area contributed by atoms with Crippen LogP contribution in [0.4, 0.5) is 0 Å². The number of piperidine rings is 1. The molecule has 6 nitrogen and oxygen atoms in total. The maximum absolute atomic E-state index is 6.13. The molecule has 0 spiro atoms. The third-order valence-corrected chi connectivity index (χ3v) is 5.76. The molecule has 1 unspecified atom stereocenters. The molecular formula is C23H37ClIN3O3. The van der Waals surface area contributed by atoms with E-state index >= 15 is 0 Å².